The molecule has 0 unspecified atom stereocenters. The number of carboxylic acid groups (broad SMARTS) is 1. The van der Waals surface area contributed by atoms with Crippen LogP contribution in [0.25, 0.3) is 0 Å². The molecular weight excluding hydrogens is 490 g/mol. The normalized spacial score (nSPS) is 20.0. The maximum Gasteiger partial charge on any atom is 0.320 e. The third-order valence-corrected chi connectivity index (χ3v) is 8.46. The predicted octanol–water partition coefficient (Wildman–Crippen LogP) is 3.74. The van der Waals surface area contributed by atoms with Crippen molar-refractivity contribution >= 4 is 5.97 Å². The fraction of sp³-hybridized carbons (Fsp3) is 0.567. The minimum absolute atomic E-state index is 0.133. The van der Waals surface area contributed by atoms with Gasteiger partial charge in [-0.05, 0) is 54.8 Å². The first-order valence-electron chi connectivity index (χ1n) is 14.2. The number of carboxylic acids is 1. The Hall–Kier alpha value is -3.01. The topological polar surface area (TPSA) is 93.5 Å². The van der Waals surface area contributed by atoms with Crippen LogP contribution in [0.2, 0.25) is 0 Å². The van der Waals surface area contributed by atoms with Gasteiger partial charge in [0.05, 0.1) is 13.1 Å². The van der Waals surface area contributed by atoms with Gasteiger partial charge in [0.2, 0.25) is 0 Å². The fourth-order valence-corrected chi connectivity index (χ4v) is 6.40. The zero-order valence-corrected chi connectivity index (χ0v) is 23.6. The zero-order valence-electron chi connectivity index (χ0n) is 23.6. The van der Waals surface area contributed by atoms with Gasteiger partial charge < -0.3 is 19.6 Å². The van der Waals surface area contributed by atoms with Gasteiger partial charge in [-0.25, -0.2) is 9.97 Å². The van der Waals surface area contributed by atoms with Gasteiger partial charge in [0.1, 0.15) is 17.7 Å². The highest BCUT2D eigenvalue weighted by atomic mass is 16.4. The predicted molar refractivity (Wildman–Crippen MR) is 151 cm³/mol. The number of H-pyrrole nitrogens is 1. The second kappa shape index (κ2) is 12.0. The number of rotatable bonds is 11. The summed E-state index contributed by atoms with van der Waals surface area (Å²) < 4.78 is 2.05. The Morgan fingerprint density at radius 2 is 1.85 bits per heavy atom. The molecule has 9 heteroatoms. The average molecular weight is 534 g/mol. The van der Waals surface area contributed by atoms with Gasteiger partial charge in [-0.3, -0.25) is 14.6 Å². The molecule has 2 aliphatic heterocycles. The summed E-state index contributed by atoms with van der Waals surface area (Å²) in [6, 6.07) is 8.28. The number of benzene rings is 1. The van der Waals surface area contributed by atoms with Crippen molar-refractivity contribution in [3.63, 3.8) is 0 Å². The molecule has 0 amide bonds. The summed E-state index contributed by atoms with van der Waals surface area (Å²) in [7, 11) is 2.02. The largest absolute Gasteiger partial charge is 0.480 e. The monoisotopic (exact) mass is 533 g/mol. The summed E-state index contributed by atoms with van der Waals surface area (Å²) >= 11 is 0. The molecule has 2 aliphatic rings. The van der Waals surface area contributed by atoms with E-state index < -0.39 is 12.0 Å². The van der Waals surface area contributed by atoms with Crippen molar-refractivity contribution in [1.29, 1.82) is 0 Å². The van der Waals surface area contributed by atoms with Crippen molar-refractivity contribution in [2.75, 3.05) is 26.2 Å². The number of carbonyl (C=O) groups is 1. The highest BCUT2D eigenvalue weighted by molar-refractivity contribution is 5.74. The number of aromatic amines is 1. The van der Waals surface area contributed by atoms with E-state index >= 15 is 0 Å². The molecule has 3 aromatic rings. The van der Waals surface area contributed by atoms with Crippen LogP contribution in [-0.4, -0.2) is 77.5 Å². The molecule has 1 spiro atoms. The number of piperidine rings is 1. The minimum Gasteiger partial charge on any atom is -0.480 e. The maximum absolute atomic E-state index is 12.2. The number of likely N-dealkylation sites (tertiary alicyclic amines) is 2. The van der Waals surface area contributed by atoms with Crippen LogP contribution in [-0.2, 0) is 38.0 Å². The van der Waals surface area contributed by atoms with Crippen molar-refractivity contribution < 1.29 is 9.90 Å². The van der Waals surface area contributed by atoms with E-state index in [1.165, 1.54) is 11.1 Å². The Labute approximate surface area is 231 Å². The van der Waals surface area contributed by atoms with E-state index in [1.807, 2.05) is 30.2 Å². The molecule has 2 fully saturated rings. The number of aryl methyl sites for hydroxylation is 1. The van der Waals surface area contributed by atoms with Crippen LogP contribution in [0, 0.1) is 11.3 Å². The van der Waals surface area contributed by atoms with Gasteiger partial charge in [0, 0.05) is 58.0 Å². The molecule has 210 valence electrons. The molecule has 9 nitrogen and oxygen atoms in total. The average Bonchev–Trinajstić information content (AvgIpc) is 3.63. The van der Waals surface area contributed by atoms with Crippen molar-refractivity contribution in [2.24, 2.45) is 18.4 Å². The van der Waals surface area contributed by atoms with Crippen molar-refractivity contribution in [2.45, 2.75) is 65.3 Å². The van der Waals surface area contributed by atoms with Gasteiger partial charge in [0.15, 0.2) is 0 Å². The Morgan fingerprint density at radius 1 is 1.10 bits per heavy atom. The summed E-state index contributed by atoms with van der Waals surface area (Å²) in [4.78, 5) is 31.4. The number of aromatic nitrogens is 4. The third kappa shape index (κ3) is 6.96. The maximum atomic E-state index is 12.2. The lowest BCUT2D eigenvalue weighted by atomic mass is 9.76. The highest BCUT2D eigenvalue weighted by Gasteiger charge is 2.47. The Kier molecular flexibility index (Phi) is 8.49. The summed E-state index contributed by atoms with van der Waals surface area (Å²) in [6.45, 7) is 11.6. The van der Waals surface area contributed by atoms with E-state index in [-0.39, 0.29) is 5.41 Å². The molecule has 0 radical (unpaired) electrons. The smallest absolute Gasteiger partial charge is 0.320 e. The van der Waals surface area contributed by atoms with E-state index in [9.17, 15) is 9.90 Å². The first kappa shape index (κ1) is 27.6. The quantitative estimate of drug-likeness (QED) is 0.388. The van der Waals surface area contributed by atoms with Crippen molar-refractivity contribution in [3.05, 3.63) is 71.8 Å². The van der Waals surface area contributed by atoms with Gasteiger partial charge in [0.25, 0.3) is 0 Å². The molecule has 1 atom stereocenters. The third-order valence-electron chi connectivity index (χ3n) is 8.46. The van der Waals surface area contributed by atoms with Crippen LogP contribution >= 0.6 is 0 Å². The van der Waals surface area contributed by atoms with Gasteiger partial charge >= 0.3 is 5.97 Å². The summed E-state index contributed by atoms with van der Waals surface area (Å²) in [5.74, 6) is 1.92. The van der Waals surface area contributed by atoms with E-state index in [4.69, 9.17) is 0 Å². The molecule has 39 heavy (non-hydrogen) atoms. The number of hydrogen-bond acceptors (Lipinski definition) is 6. The van der Waals surface area contributed by atoms with Crippen LogP contribution in [0.15, 0.2) is 49.1 Å². The lowest BCUT2D eigenvalue weighted by Gasteiger charge is -2.40. The lowest BCUT2D eigenvalue weighted by molar-refractivity contribution is -0.142. The van der Waals surface area contributed by atoms with Gasteiger partial charge in [-0.15, -0.1) is 0 Å². The second-order valence-electron chi connectivity index (χ2n) is 12.1. The molecule has 4 heterocycles. The Bertz CT molecular complexity index is 1200. The fourth-order valence-electron chi connectivity index (χ4n) is 6.40. The standard InChI is InChI=1S/C30H43N7O2/c1-23(2)17-35-13-8-30(9-14-35)16-26(29(38)39)37(22-30)19-25-6-4-24(5-7-25)18-36(20-27-31-10-11-32-27)21-28-33-12-15-34(28)3/h4-7,10-12,15,23,26H,8-9,13-14,16-22H2,1-3H3,(H,31,32)(H,38,39)/t26-/m0/s1. The Balaban J connectivity index is 1.22. The summed E-state index contributed by atoms with van der Waals surface area (Å²) in [5.41, 5.74) is 2.51. The highest BCUT2D eigenvalue weighted by Crippen LogP contribution is 2.44. The van der Waals surface area contributed by atoms with Gasteiger partial charge in [-0.2, -0.15) is 0 Å². The van der Waals surface area contributed by atoms with Gasteiger partial charge in [-0.1, -0.05) is 38.1 Å². The minimum atomic E-state index is -0.684. The molecule has 1 aromatic carbocycles. The Morgan fingerprint density at radius 3 is 2.46 bits per heavy atom. The number of nitrogens with one attached hydrogen (secondary N) is 1. The number of imidazole rings is 2. The van der Waals surface area contributed by atoms with E-state index in [1.54, 1.807) is 6.20 Å². The van der Waals surface area contributed by atoms with Crippen molar-refractivity contribution in [1.82, 2.24) is 34.2 Å². The number of hydrogen-bond donors (Lipinski definition) is 2. The SMILES string of the molecule is CC(C)CN1CCC2(CC1)C[C@@H](C(=O)O)N(Cc1ccc(CN(Cc3ncc[nH]3)Cc3nccn3C)cc1)C2. The molecular formula is C30H43N7O2. The molecule has 5 rings (SSSR count). The van der Waals surface area contributed by atoms with E-state index in [2.05, 4.69) is 67.8 Å². The first-order chi connectivity index (χ1) is 18.8. The molecule has 0 aliphatic carbocycles. The van der Waals surface area contributed by atoms with Crippen LogP contribution < -0.4 is 0 Å². The first-order valence-corrected chi connectivity index (χ1v) is 14.2. The molecule has 2 N–H and O–H groups in total. The second-order valence-corrected chi connectivity index (χ2v) is 12.1. The van der Waals surface area contributed by atoms with E-state index in [0.29, 0.717) is 19.0 Å². The summed E-state index contributed by atoms with van der Waals surface area (Å²) in [6.07, 6.45) is 10.4. The zero-order chi connectivity index (χ0) is 27.4. The van der Waals surface area contributed by atoms with Crippen LogP contribution in [0.4, 0.5) is 0 Å². The lowest BCUT2D eigenvalue weighted by Crippen LogP contribution is -2.42. The van der Waals surface area contributed by atoms with Crippen LogP contribution in [0.5, 0.6) is 0 Å². The molecule has 0 bridgehead atoms. The van der Waals surface area contributed by atoms with Crippen LogP contribution in [0.1, 0.15) is 55.9 Å². The number of nitrogens with zero attached hydrogens (tertiary/aromatic N) is 6. The molecule has 0 saturated carbocycles. The number of aliphatic carboxylic acids is 1. The molecule has 2 saturated heterocycles. The van der Waals surface area contributed by atoms with Crippen LogP contribution in [0.3, 0.4) is 0 Å². The molecule has 2 aromatic heterocycles. The van der Waals surface area contributed by atoms with Crippen molar-refractivity contribution in [3.8, 4) is 0 Å². The van der Waals surface area contributed by atoms with E-state index in [0.717, 1.165) is 70.2 Å². The summed E-state index contributed by atoms with van der Waals surface area (Å²) in [5, 5.41) is 10.0.